The minimum absolute atomic E-state index is 0.137. The van der Waals surface area contributed by atoms with Gasteiger partial charge in [0.05, 0.1) is 20.8 Å². The van der Waals surface area contributed by atoms with Gasteiger partial charge in [-0.15, -0.1) is 0 Å². The van der Waals surface area contributed by atoms with Crippen LogP contribution in [0.1, 0.15) is 24.8 Å². The Kier molecular flexibility index (Phi) is 5.67. The normalized spacial score (nSPS) is 16.5. The number of nitrogens with zero attached hydrogens (tertiary/aromatic N) is 1. The van der Waals surface area contributed by atoms with Crippen LogP contribution in [0.3, 0.4) is 0 Å². The van der Waals surface area contributed by atoms with Crippen LogP contribution in [-0.4, -0.2) is 17.4 Å². The first-order valence-corrected chi connectivity index (χ1v) is 10.6. The number of fused-ring (bicyclic) bond motifs is 1. The molecule has 0 radical (unpaired) electrons. The van der Waals surface area contributed by atoms with Crippen LogP contribution in [0.4, 0.5) is 10.1 Å². The minimum atomic E-state index is -0.261. The van der Waals surface area contributed by atoms with Crippen LogP contribution < -0.4 is 5.32 Å². The number of hydrogen-bond donors (Lipinski definition) is 1. The summed E-state index contributed by atoms with van der Waals surface area (Å²) in [4.78, 5) is 15.2. The summed E-state index contributed by atoms with van der Waals surface area (Å²) in [6, 6.07) is 11.5. The fraction of sp³-hybridized carbons (Fsp3) is 0.190. The van der Waals surface area contributed by atoms with E-state index in [0.717, 1.165) is 41.2 Å². The third-order valence-electron chi connectivity index (χ3n) is 4.73. The average Bonchev–Trinajstić information content (AvgIpc) is 2.97. The highest BCUT2D eigenvalue weighted by Crippen LogP contribution is 2.44. The van der Waals surface area contributed by atoms with Gasteiger partial charge in [0.1, 0.15) is 5.82 Å². The molecule has 0 saturated heterocycles. The lowest BCUT2D eigenvalue weighted by molar-refractivity contribution is -0.113. The van der Waals surface area contributed by atoms with E-state index in [4.69, 9.17) is 23.2 Å². The van der Waals surface area contributed by atoms with Crippen molar-refractivity contribution < 1.29 is 9.18 Å². The van der Waals surface area contributed by atoms with E-state index >= 15 is 0 Å². The number of carbonyl (C=O) groups is 1. The van der Waals surface area contributed by atoms with Crippen LogP contribution in [0.15, 0.2) is 58.5 Å². The van der Waals surface area contributed by atoms with Crippen molar-refractivity contribution in [2.45, 2.75) is 19.3 Å². The van der Waals surface area contributed by atoms with Crippen molar-refractivity contribution in [1.29, 1.82) is 0 Å². The van der Waals surface area contributed by atoms with Gasteiger partial charge in [-0.3, -0.25) is 4.79 Å². The van der Waals surface area contributed by atoms with Gasteiger partial charge >= 0.3 is 0 Å². The Balaban J connectivity index is 1.61. The molecule has 0 atom stereocenters. The van der Waals surface area contributed by atoms with Crippen molar-refractivity contribution in [3.05, 3.63) is 79.9 Å². The van der Waals surface area contributed by atoms with E-state index in [1.807, 2.05) is 5.41 Å². The maximum atomic E-state index is 13.3. The van der Waals surface area contributed by atoms with Gasteiger partial charge in [0.25, 0.3) is 5.91 Å². The Bertz CT molecular complexity index is 988. The molecule has 0 saturated carbocycles. The number of amides is 1. The second-order valence-electron chi connectivity index (χ2n) is 6.60. The predicted molar refractivity (Wildman–Crippen MR) is 115 cm³/mol. The highest BCUT2D eigenvalue weighted by molar-refractivity contribution is 8.06. The number of rotatable bonds is 3. The zero-order chi connectivity index (χ0) is 19.7. The van der Waals surface area contributed by atoms with E-state index in [2.05, 4.69) is 10.2 Å². The summed E-state index contributed by atoms with van der Waals surface area (Å²) in [6.07, 6.45) is 2.62. The lowest BCUT2D eigenvalue weighted by atomic mass is 10.1. The summed E-state index contributed by atoms with van der Waals surface area (Å²) in [5, 5.41) is 6.74. The lowest BCUT2D eigenvalue weighted by Gasteiger charge is -2.23. The first-order chi connectivity index (χ1) is 13.5. The Morgan fingerprint density at radius 1 is 1.07 bits per heavy atom. The number of halogens is 3. The van der Waals surface area contributed by atoms with Crippen LogP contribution >= 0.6 is 35.0 Å². The van der Waals surface area contributed by atoms with E-state index < -0.39 is 0 Å². The van der Waals surface area contributed by atoms with Gasteiger partial charge in [-0.25, -0.2) is 4.39 Å². The average molecular weight is 435 g/mol. The first-order valence-electron chi connectivity index (χ1n) is 8.93. The number of thioether (sulfide) groups is 1. The largest absolute Gasteiger partial charge is 0.335 e. The van der Waals surface area contributed by atoms with E-state index in [1.54, 1.807) is 42.1 Å². The molecule has 0 fully saturated rings. The van der Waals surface area contributed by atoms with Gasteiger partial charge in [0, 0.05) is 23.2 Å². The second kappa shape index (κ2) is 8.19. The molecule has 1 N–H and O–H groups in total. The molecule has 7 heteroatoms. The summed E-state index contributed by atoms with van der Waals surface area (Å²) in [7, 11) is 0. The summed E-state index contributed by atoms with van der Waals surface area (Å²) in [5.74, 6) is -0.398. The lowest BCUT2D eigenvalue weighted by Crippen LogP contribution is -2.21. The maximum absolute atomic E-state index is 13.3. The Morgan fingerprint density at radius 2 is 1.86 bits per heavy atom. The van der Waals surface area contributed by atoms with Gasteiger partial charge in [-0.1, -0.05) is 35.0 Å². The number of nitrogens with one attached hydrogen (secondary N) is 1. The number of carbonyl (C=O) groups excluding carboxylic acids is 1. The smallest absolute Gasteiger partial charge is 0.254 e. The number of hydrogen-bond acceptors (Lipinski definition) is 3. The monoisotopic (exact) mass is 434 g/mol. The summed E-state index contributed by atoms with van der Waals surface area (Å²) < 4.78 is 13.3. The van der Waals surface area contributed by atoms with Gasteiger partial charge in [-0.2, -0.15) is 0 Å². The fourth-order valence-corrected chi connectivity index (χ4v) is 4.76. The molecular weight excluding hydrogens is 418 g/mol. The molecule has 0 spiro atoms. The number of benzene rings is 2. The van der Waals surface area contributed by atoms with Gasteiger partial charge in [-0.05, 0) is 67.3 Å². The molecule has 0 bridgehead atoms. The first kappa shape index (κ1) is 19.4. The third kappa shape index (κ3) is 3.93. The van der Waals surface area contributed by atoms with Crippen molar-refractivity contribution in [3.8, 4) is 0 Å². The molecule has 0 unspecified atom stereocenters. The van der Waals surface area contributed by atoms with Crippen LogP contribution in [-0.2, 0) is 4.79 Å². The molecule has 2 aromatic carbocycles. The molecule has 0 aromatic heterocycles. The molecule has 144 valence electrons. The molecule has 3 nitrogen and oxygen atoms in total. The molecule has 0 aliphatic carbocycles. The van der Waals surface area contributed by atoms with Gasteiger partial charge in [0.2, 0.25) is 0 Å². The van der Waals surface area contributed by atoms with Crippen molar-refractivity contribution in [2.24, 2.45) is 0 Å². The van der Waals surface area contributed by atoms with Gasteiger partial charge < -0.3 is 10.2 Å². The summed E-state index contributed by atoms with van der Waals surface area (Å²) in [6.45, 7) is 0.828. The highest BCUT2D eigenvalue weighted by atomic mass is 35.5. The van der Waals surface area contributed by atoms with Crippen molar-refractivity contribution in [1.82, 2.24) is 4.90 Å². The van der Waals surface area contributed by atoms with Crippen LogP contribution in [0.2, 0.25) is 10.0 Å². The van der Waals surface area contributed by atoms with Crippen molar-refractivity contribution in [3.63, 3.8) is 0 Å². The Morgan fingerprint density at radius 3 is 2.61 bits per heavy atom. The molecule has 2 aliphatic rings. The predicted octanol–water partition coefficient (Wildman–Crippen LogP) is 6.51. The zero-order valence-corrected chi connectivity index (χ0v) is 17.2. The molecule has 28 heavy (non-hydrogen) atoms. The maximum Gasteiger partial charge on any atom is 0.254 e. The zero-order valence-electron chi connectivity index (χ0n) is 14.8. The van der Waals surface area contributed by atoms with E-state index in [0.29, 0.717) is 22.2 Å². The Hall–Kier alpha value is -1.95. The van der Waals surface area contributed by atoms with E-state index in [9.17, 15) is 9.18 Å². The summed E-state index contributed by atoms with van der Waals surface area (Å²) >= 11 is 13.5. The fourth-order valence-electron chi connectivity index (χ4n) is 3.32. The van der Waals surface area contributed by atoms with Crippen molar-refractivity contribution >= 4 is 52.3 Å². The SMILES string of the molecule is O=C(Nc1ccc(Cl)c(Cl)c1)C1=C2SC=C(c3ccc(F)cc3)N2CCCC1. The molecule has 4 rings (SSSR count). The van der Waals surface area contributed by atoms with Crippen LogP contribution in [0, 0.1) is 5.82 Å². The van der Waals surface area contributed by atoms with E-state index in [1.165, 1.54) is 12.1 Å². The number of anilines is 1. The van der Waals surface area contributed by atoms with Gasteiger partial charge in [0.15, 0.2) is 0 Å². The molecule has 1 amide bonds. The van der Waals surface area contributed by atoms with Crippen molar-refractivity contribution in [2.75, 3.05) is 11.9 Å². The molecule has 2 aromatic rings. The molecule has 2 aliphatic heterocycles. The molecule has 2 heterocycles. The Labute approximate surface area is 177 Å². The minimum Gasteiger partial charge on any atom is -0.335 e. The van der Waals surface area contributed by atoms with Crippen LogP contribution in [0.5, 0.6) is 0 Å². The standard InChI is InChI=1S/C21H17Cl2FN2OS/c22-17-9-8-15(11-18(17)23)25-20(27)16-3-1-2-10-26-19(12-28-21(16)26)13-4-6-14(24)7-5-13/h4-9,11-12H,1-3,10H2,(H,25,27). The quantitative estimate of drug-likeness (QED) is 0.596. The second-order valence-corrected chi connectivity index (χ2v) is 8.28. The van der Waals surface area contributed by atoms with E-state index in [-0.39, 0.29) is 11.7 Å². The molecular formula is C21H17Cl2FN2OS. The highest BCUT2D eigenvalue weighted by Gasteiger charge is 2.30. The van der Waals surface area contributed by atoms with Crippen LogP contribution in [0.25, 0.3) is 5.70 Å². The third-order valence-corrected chi connectivity index (χ3v) is 6.50. The topological polar surface area (TPSA) is 32.3 Å². The summed E-state index contributed by atoms with van der Waals surface area (Å²) in [5.41, 5.74) is 3.30.